The molecule has 1 aromatic carbocycles. The number of hydrogen-bond donors (Lipinski definition) is 1. The molecule has 0 unspecified atom stereocenters. The van der Waals surface area contributed by atoms with Gasteiger partial charge in [-0.3, -0.25) is 9.48 Å². The van der Waals surface area contributed by atoms with Gasteiger partial charge in [-0.2, -0.15) is 5.10 Å². The van der Waals surface area contributed by atoms with Gasteiger partial charge in [-0.05, 0) is 6.42 Å². The molecule has 5 heteroatoms. The minimum atomic E-state index is -0.0211. The lowest BCUT2D eigenvalue weighted by Gasteiger charge is -2.05. The number of methoxy groups -OCH3 is 1. The summed E-state index contributed by atoms with van der Waals surface area (Å²) in [6.07, 6.45) is 2.97. The topological polar surface area (TPSA) is 56.1 Å². The molecule has 0 aliphatic heterocycles. The standard InChI is InChI=1S/C15H19N3O2/c1-18-11-13(16-14(19)9-6-10-20-2)15(17-18)12-7-4-3-5-8-12/h3-5,7-8,11H,6,9-10H2,1-2H3,(H,16,19). The van der Waals surface area contributed by atoms with Crippen LogP contribution in [0.2, 0.25) is 0 Å². The number of aromatic nitrogens is 2. The molecule has 0 saturated heterocycles. The van der Waals surface area contributed by atoms with Crippen molar-refractivity contribution in [2.75, 3.05) is 19.0 Å². The normalized spacial score (nSPS) is 10.5. The quantitative estimate of drug-likeness (QED) is 0.822. The Morgan fingerprint density at radius 2 is 2.10 bits per heavy atom. The second-order valence-electron chi connectivity index (χ2n) is 4.58. The van der Waals surface area contributed by atoms with E-state index in [1.54, 1.807) is 11.8 Å². The van der Waals surface area contributed by atoms with Crippen molar-refractivity contribution in [1.29, 1.82) is 0 Å². The fourth-order valence-corrected chi connectivity index (χ4v) is 1.98. The molecule has 0 atom stereocenters. The van der Waals surface area contributed by atoms with Gasteiger partial charge in [-0.1, -0.05) is 30.3 Å². The van der Waals surface area contributed by atoms with Gasteiger partial charge in [0.2, 0.25) is 5.91 Å². The van der Waals surface area contributed by atoms with Gasteiger partial charge in [0, 0.05) is 38.9 Å². The van der Waals surface area contributed by atoms with Crippen LogP contribution in [0.15, 0.2) is 36.5 Å². The SMILES string of the molecule is COCCCC(=O)Nc1cn(C)nc1-c1ccccc1. The Hall–Kier alpha value is -2.14. The second-order valence-corrected chi connectivity index (χ2v) is 4.58. The van der Waals surface area contributed by atoms with Gasteiger partial charge < -0.3 is 10.1 Å². The van der Waals surface area contributed by atoms with Crippen molar-refractivity contribution in [2.45, 2.75) is 12.8 Å². The molecule has 0 spiro atoms. The first kappa shape index (κ1) is 14.3. The summed E-state index contributed by atoms with van der Waals surface area (Å²) in [6.45, 7) is 0.589. The molecule has 1 aromatic heterocycles. The molecular formula is C15H19N3O2. The zero-order chi connectivity index (χ0) is 14.4. The van der Waals surface area contributed by atoms with Crippen LogP contribution in [0, 0.1) is 0 Å². The maximum atomic E-state index is 11.9. The molecule has 0 bridgehead atoms. The van der Waals surface area contributed by atoms with E-state index in [0.717, 1.165) is 16.9 Å². The zero-order valence-electron chi connectivity index (χ0n) is 11.8. The highest BCUT2D eigenvalue weighted by atomic mass is 16.5. The minimum Gasteiger partial charge on any atom is -0.385 e. The first-order chi connectivity index (χ1) is 9.70. The molecular weight excluding hydrogens is 254 g/mol. The highest BCUT2D eigenvalue weighted by molar-refractivity contribution is 5.94. The molecule has 5 nitrogen and oxygen atoms in total. The Morgan fingerprint density at radius 3 is 2.80 bits per heavy atom. The Morgan fingerprint density at radius 1 is 1.35 bits per heavy atom. The number of nitrogens with one attached hydrogen (secondary N) is 1. The molecule has 1 N–H and O–H groups in total. The van der Waals surface area contributed by atoms with Crippen LogP contribution in [0.4, 0.5) is 5.69 Å². The van der Waals surface area contributed by atoms with E-state index >= 15 is 0 Å². The van der Waals surface area contributed by atoms with Crippen LogP contribution in [0.5, 0.6) is 0 Å². The smallest absolute Gasteiger partial charge is 0.224 e. The zero-order valence-corrected chi connectivity index (χ0v) is 11.8. The van der Waals surface area contributed by atoms with Crippen molar-refractivity contribution < 1.29 is 9.53 Å². The van der Waals surface area contributed by atoms with Crippen molar-refractivity contribution in [2.24, 2.45) is 7.05 Å². The van der Waals surface area contributed by atoms with Crippen LogP contribution >= 0.6 is 0 Å². The molecule has 2 rings (SSSR count). The van der Waals surface area contributed by atoms with Gasteiger partial charge in [0.1, 0.15) is 5.69 Å². The Bertz CT molecular complexity index is 564. The van der Waals surface area contributed by atoms with Crippen molar-refractivity contribution in [3.8, 4) is 11.3 Å². The maximum Gasteiger partial charge on any atom is 0.224 e. The predicted octanol–water partition coefficient (Wildman–Crippen LogP) is 2.45. The van der Waals surface area contributed by atoms with Crippen molar-refractivity contribution in [3.05, 3.63) is 36.5 Å². The Kier molecular flexibility index (Phi) is 4.90. The molecule has 0 fully saturated rings. The van der Waals surface area contributed by atoms with Gasteiger partial charge in [-0.15, -0.1) is 0 Å². The lowest BCUT2D eigenvalue weighted by molar-refractivity contribution is -0.116. The van der Waals surface area contributed by atoms with E-state index in [4.69, 9.17) is 4.74 Å². The summed E-state index contributed by atoms with van der Waals surface area (Å²) in [6, 6.07) is 9.81. The van der Waals surface area contributed by atoms with E-state index < -0.39 is 0 Å². The van der Waals surface area contributed by atoms with Gasteiger partial charge >= 0.3 is 0 Å². The number of benzene rings is 1. The fraction of sp³-hybridized carbons (Fsp3) is 0.333. The van der Waals surface area contributed by atoms with E-state index in [-0.39, 0.29) is 5.91 Å². The molecule has 20 heavy (non-hydrogen) atoms. The van der Waals surface area contributed by atoms with Gasteiger partial charge in [0.25, 0.3) is 0 Å². The summed E-state index contributed by atoms with van der Waals surface area (Å²) in [5, 5.41) is 7.32. The number of aryl methyl sites for hydroxylation is 1. The average Bonchev–Trinajstić information content (AvgIpc) is 2.81. The number of anilines is 1. The van der Waals surface area contributed by atoms with Crippen LogP contribution in [0.1, 0.15) is 12.8 Å². The monoisotopic (exact) mass is 273 g/mol. The summed E-state index contributed by atoms with van der Waals surface area (Å²) in [7, 11) is 3.47. The molecule has 1 amide bonds. The summed E-state index contributed by atoms with van der Waals surface area (Å²) in [4.78, 5) is 11.9. The number of hydrogen-bond acceptors (Lipinski definition) is 3. The lowest BCUT2D eigenvalue weighted by Crippen LogP contribution is -2.12. The van der Waals surface area contributed by atoms with E-state index in [9.17, 15) is 4.79 Å². The highest BCUT2D eigenvalue weighted by Gasteiger charge is 2.12. The first-order valence-corrected chi connectivity index (χ1v) is 6.58. The molecule has 0 radical (unpaired) electrons. The molecule has 0 aliphatic carbocycles. The van der Waals surface area contributed by atoms with Crippen LogP contribution in [-0.4, -0.2) is 29.4 Å². The van der Waals surface area contributed by atoms with Crippen LogP contribution in [0.3, 0.4) is 0 Å². The van der Waals surface area contributed by atoms with E-state index in [1.165, 1.54) is 0 Å². The molecule has 1 heterocycles. The Labute approximate surface area is 118 Å². The summed E-state index contributed by atoms with van der Waals surface area (Å²) < 4.78 is 6.64. The summed E-state index contributed by atoms with van der Waals surface area (Å²) in [5.41, 5.74) is 2.51. The third kappa shape index (κ3) is 3.68. The van der Waals surface area contributed by atoms with Crippen molar-refractivity contribution >= 4 is 11.6 Å². The number of amides is 1. The van der Waals surface area contributed by atoms with Crippen LogP contribution < -0.4 is 5.32 Å². The molecule has 0 saturated carbocycles. The number of carbonyl (C=O) groups is 1. The average molecular weight is 273 g/mol. The van der Waals surface area contributed by atoms with Gasteiger partial charge in [0.15, 0.2) is 0 Å². The molecule has 106 valence electrons. The lowest BCUT2D eigenvalue weighted by atomic mass is 10.1. The van der Waals surface area contributed by atoms with Crippen molar-refractivity contribution in [3.63, 3.8) is 0 Å². The predicted molar refractivity (Wildman–Crippen MR) is 78.4 cm³/mol. The molecule has 2 aromatic rings. The highest BCUT2D eigenvalue weighted by Crippen LogP contribution is 2.25. The molecule has 0 aliphatic rings. The minimum absolute atomic E-state index is 0.0211. The van der Waals surface area contributed by atoms with Gasteiger partial charge in [0.05, 0.1) is 5.69 Å². The Balaban J connectivity index is 2.10. The first-order valence-electron chi connectivity index (χ1n) is 6.58. The number of ether oxygens (including phenoxy) is 1. The van der Waals surface area contributed by atoms with E-state index in [1.807, 2.05) is 43.6 Å². The summed E-state index contributed by atoms with van der Waals surface area (Å²) >= 11 is 0. The largest absolute Gasteiger partial charge is 0.385 e. The second kappa shape index (κ2) is 6.86. The van der Waals surface area contributed by atoms with Gasteiger partial charge in [-0.25, -0.2) is 0 Å². The summed E-state index contributed by atoms with van der Waals surface area (Å²) in [5.74, 6) is -0.0211. The number of nitrogens with zero attached hydrogens (tertiary/aromatic N) is 2. The van der Waals surface area contributed by atoms with E-state index in [2.05, 4.69) is 10.4 Å². The van der Waals surface area contributed by atoms with Crippen LogP contribution in [-0.2, 0) is 16.6 Å². The third-order valence-electron chi connectivity index (χ3n) is 2.90. The van der Waals surface area contributed by atoms with E-state index in [0.29, 0.717) is 19.4 Å². The number of carbonyl (C=O) groups excluding carboxylic acids is 1. The third-order valence-corrected chi connectivity index (χ3v) is 2.90. The van der Waals surface area contributed by atoms with Crippen LogP contribution in [0.25, 0.3) is 11.3 Å². The van der Waals surface area contributed by atoms with Crippen molar-refractivity contribution in [1.82, 2.24) is 9.78 Å². The fourth-order valence-electron chi connectivity index (χ4n) is 1.98. The number of rotatable bonds is 6. The maximum absolute atomic E-state index is 11.9.